The third-order valence-corrected chi connectivity index (χ3v) is 2.02. The zero-order valence-corrected chi connectivity index (χ0v) is 9.48. The van der Waals surface area contributed by atoms with Gasteiger partial charge in [-0.25, -0.2) is 9.18 Å². The average molecular weight is 256 g/mol. The predicted octanol–water partition coefficient (Wildman–Crippen LogP) is 0.239. The summed E-state index contributed by atoms with van der Waals surface area (Å²) in [6.07, 6.45) is 0. The van der Waals surface area contributed by atoms with Gasteiger partial charge in [-0.3, -0.25) is 4.79 Å². The molecule has 1 aromatic carbocycles. The van der Waals surface area contributed by atoms with Crippen LogP contribution in [0, 0.1) is 5.82 Å². The number of nitrogens with one attached hydrogen (secondary N) is 1. The highest BCUT2D eigenvalue weighted by molar-refractivity contribution is 5.99. The minimum Gasteiger partial charge on any atom is -0.480 e. The molecule has 0 bridgehead atoms. The van der Waals surface area contributed by atoms with Crippen molar-refractivity contribution in [3.63, 3.8) is 0 Å². The van der Waals surface area contributed by atoms with Crippen molar-refractivity contribution in [2.75, 3.05) is 25.5 Å². The molecule has 0 unspecified atom stereocenters. The first-order valence-corrected chi connectivity index (χ1v) is 5.13. The van der Waals surface area contributed by atoms with Gasteiger partial charge in [0.1, 0.15) is 12.4 Å². The number of nitrogens with two attached hydrogens (primary N) is 1. The van der Waals surface area contributed by atoms with E-state index in [-0.39, 0.29) is 24.4 Å². The first-order valence-electron chi connectivity index (χ1n) is 5.13. The van der Waals surface area contributed by atoms with Crippen LogP contribution >= 0.6 is 0 Å². The van der Waals surface area contributed by atoms with E-state index in [1.807, 2.05) is 0 Å². The Balaban J connectivity index is 2.41. The third-order valence-electron chi connectivity index (χ3n) is 2.02. The van der Waals surface area contributed by atoms with Gasteiger partial charge < -0.3 is 20.9 Å². The van der Waals surface area contributed by atoms with E-state index in [4.69, 9.17) is 15.6 Å². The summed E-state index contributed by atoms with van der Waals surface area (Å²) in [6, 6.07) is 3.48. The Morgan fingerprint density at radius 1 is 1.44 bits per heavy atom. The largest absolute Gasteiger partial charge is 0.480 e. The van der Waals surface area contributed by atoms with Crippen LogP contribution in [0.2, 0.25) is 0 Å². The number of hydrogen-bond donors (Lipinski definition) is 3. The van der Waals surface area contributed by atoms with E-state index in [1.165, 1.54) is 6.07 Å². The molecular weight excluding hydrogens is 243 g/mol. The minimum atomic E-state index is -1.09. The summed E-state index contributed by atoms with van der Waals surface area (Å²) in [4.78, 5) is 21.7. The lowest BCUT2D eigenvalue weighted by Crippen LogP contribution is -2.28. The van der Waals surface area contributed by atoms with E-state index >= 15 is 0 Å². The zero-order valence-electron chi connectivity index (χ0n) is 9.48. The monoisotopic (exact) mass is 256 g/mol. The Bertz CT molecular complexity index is 451. The molecule has 7 heteroatoms. The standard InChI is InChI=1S/C11H13FN2O4/c12-7-1-2-9(13)8(5-7)11(17)14-3-4-18-6-10(15)16/h1-2,5H,3-4,6,13H2,(H,14,17)(H,15,16). The number of amides is 1. The molecule has 1 rings (SSSR count). The van der Waals surface area contributed by atoms with Crippen molar-refractivity contribution in [3.05, 3.63) is 29.6 Å². The molecule has 4 N–H and O–H groups in total. The van der Waals surface area contributed by atoms with Gasteiger partial charge in [-0.2, -0.15) is 0 Å². The quantitative estimate of drug-likeness (QED) is 0.500. The number of aliphatic carboxylic acids is 1. The molecule has 1 amide bonds. The summed E-state index contributed by atoms with van der Waals surface area (Å²) in [5, 5.41) is 10.7. The highest BCUT2D eigenvalue weighted by Crippen LogP contribution is 2.12. The van der Waals surface area contributed by atoms with Gasteiger partial charge in [0.25, 0.3) is 5.91 Å². The fourth-order valence-corrected chi connectivity index (χ4v) is 1.22. The fourth-order valence-electron chi connectivity index (χ4n) is 1.22. The van der Waals surface area contributed by atoms with Crippen molar-refractivity contribution in [2.45, 2.75) is 0 Å². The van der Waals surface area contributed by atoms with Crippen LogP contribution in [-0.4, -0.2) is 36.7 Å². The average Bonchev–Trinajstić information content (AvgIpc) is 2.31. The SMILES string of the molecule is Nc1ccc(F)cc1C(=O)NCCOCC(=O)O. The molecule has 1 aromatic rings. The number of ether oxygens (including phenoxy) is 1. The van der Waals surface area contributed by atoms with Crippen molar-refractivity contribution in [1.82, 2.24) is 5.32 Å². The van der Waals surface area contributed by atoms with Crippen LogP contribution in [0.15, 0.2) is 18.2 Å². The normalized spacial score (nSPS) is 10.1. The number of nitrogen functional groups attached to an aromatic ring is 1. The maximum Gasteiger partial charge on any atom is 0.329 e. The number of carbonyl (C=O) groups is 2. The van der Waals surface area contributed by atoms with E-state index < -0.39 is 24.3 Å². The van der Waals surface area contributed by atoms with E-state index in [2.05, 4.69) is 5.32 Å². The molecule has 18 heavy (non-hydrogen) atoms. The maximum absolute atomic E-state index is 12.9. The van der Waals surface area contributed by atoms with Gasteiger partial charge in [-0.1, -0.05) is 0 Å². The molecule has 0 aliphatic carbocycles. The van der Waals surface area contributed by atoms with Crippen molar-refractivity contribution >= 4 is 17.6 Å². The first-order chi connectivity index (χ1) is 8.50. The van der Waals surface area contributed by atoms with E-state index in [1.54, 1.807) is 0 Å². The van der Waals surface area contributed by atoms with Crippen molar-refractivity contribution in [2.24, 2.45) is 0 Å². The number of halogens is 1. The first kappa shape index (κ1) is 13.9. The van der Waals surface area contributed by atoms with E-state index in [0.717, 1.165) is 12.1 Å². The number of hydrogen-bond acceptors (Lipinski definition) is 4. The highest BCUT2D eigenvalue weighted by atomic mass is 19.1. The summed E-state index contributed by atoms with van der Waals surface area (Å²) in [5.41, 5.74) is 5.73. The molecule has 0 heterocycles. The van der Waals surface area contributed by atoms with Crippen LogP contribution in [0.3, 0.4) is 0 Å². The second kappa shape index (κ2) is 6.55. The number of anilines is 1. The van der Waals surface area contributed by atoms with Crippen LogP contribution in [0.4, 0.5) is 10.1 Å². The number of benzene rings is 1. The second-order valence-electron chi connectivity index (χ2n) is 3.43. The summed E-state index contributed by atoms with van der Waals surface area (Å²) in [5.74, 6) is -2.18. The van der Waals surface area contributed by atoms with Gasteiger partial charge in [0, 0.05) is 12.2 Å². The molecule has 0 aliphatic rings. The highest BCUT2D eigenvalue weighted by Gasteiger charge is 2.10. The minimum absolute atomic E-state index is 0.0354. The van der Waals surface area contributed by atoms with Gasteiger partial charge in [0.05, 0.1) is 12.2 Å². The molecular formula is C11H13FN2O4. The van der Waals surface area contributed by atoms with Crippen molar-refractivity contribution in [3.8, 4) is 0 Å². The number of rotatable bonds is 6. The topological polar surface area (TPSA) is 102 Å². The number of carboxylic acid groups (broad SMARTS) is 1. The zero-order chi connectivity index (χ0) is 13.5. The van der Waals surface area contributed by atoms with E-state index in [9.17, 15) is 14.0 Å². The molecule has 0 saturated carbocycles. The summed E-state index contributed by atoms with van der Waals surface area (Å²) >= 11 is 0. The lowest BCUT2D eigenvalue weighted by Gasteiger charge is -2.07. The molecule has 0 aliphatic heterocycles. The summed E-state index contributed by atoms with van der Waals surface area (Å²) in [7, 11) is 0. The number of carboxylic acids is 1. The molecule has 6 nitrogen and oxygen atoms in total. The van der Waals surface area contributed by atoms with Crippen LogP contribution < -0.4 is 11.1 Å². The molecule has 0 aromatic heterocycles. The van der Waals surface area contributed by atoms with Gasteiger partial charge in [0.2, 0.25) is 0 Å². The Morgan fingerprint density at radius 3 is 2.83 bits per heavy atom. The predicted molar refractivity (Wildman–Crippen MR) is 61.6 cm³/mol. The van der Waals surface area contributed by atoms with E-state index in [0.29, 0.717) is 0 Å². The molecule has 98 valence electrons. The Labute approximate surface area is 103 Å². The smallest absolute Gasteiger partial charge is 0.329 e. The van der Waals surface area contributed by atoms with Crippen LogP contribution in [0.1, 0.15) is 10.4 Å². The number of carbonyl (C=O) groups excluding carboxylic acids is 1. The Morgan fingerprint density at radius 2 is 2.17 bits per heavy atom. The molecule has 0 saturated heterocycles. The summed E-state index contributed by atoms with van der Waals surface area (Å²) < 4.78 is 17.6. The lowest BCUT2D eigenvalue weighted by molar-refractivity contribution is -0.142. The molecule has 0 atom stereocenters. The molecule has 0 spiro atoms. The van der Waals surface area contributed by atoms with Gasteiger partial charge in [0.15, 0.2) is 0 Å². The van der Waals surface area contributed by atoms with Crippen molar-refractivity contribution < 1.29 is 23.8 Å². The molecule has 0 fully saturated rings. The van der Waals surface area contributed by atoms with Gasteiger partial charge in [-0.15, -0.1) is 0 Å². The fraction of sp³-hybridized carbons (Fsp3) is 0.273. The Kier molecular flexibility index (Phi) is 5.06. The second-order valence-corrected chi connectivity index (χ2v) is 3.43. The lowest BCUT2D eigenvalue weighted by atomic mass is 10.1. The third kappa shape index (κ3) is 4.38. The Hall–Kier alpha value is -2.15. The molecule has 0 radical (unpaired) electrons. The summed E-state index contributed by atoms with van der Waals surface area (Å²) in [6.45, 7) is -0.271. The van der Waals surface area contributed by atoms with Crippen LogP contribution in [-0.2, 0) is 9.53 Å². The van der Waals surface area contributed by atoms with Crippen LogP contribution in [0.5, 0.6) is 0 Å². The van der Waals surface area contributed by atoms with Gasteiger partial charge >= 0.3 is 5.97 Å². The van der Waals surface area contributed by atoms with Gasteiger partial charge in [-0.05, 0) is 18.2 Å². The maximum atomic E-state index is 12.9. The van der Waals surface area contributed by atoms with Crippen LogP contribution in [0.25, 0.3) is 0 Å². The van der Waals surface area contributed by atoms with Crippen molar-refractivity contribution in [1.29, 1.82) is 0 Å².